The predicted octanol–water partition coefficient (Wildman–Crippen LogP) is 0.689. The van der Waals surface area contributed by atoms with Gasteiger partial charge in [-0.25, -0.2) is 9.69 Å². The number of urea groups is 1. The molecule has 0 atom stereocenters. The Morgan fingerprint density at radius 3 is 2.52 bits per heavy atom. The lowest BCUT2D eigenvalue weighted by Crippen LogP contribution is -2.43. The molecule has 1 saturated heterocycles. The summed E-state index contributed by atoms with van der Waals surface area (Å²) < 4.78 is 5.49. The molecular weight excluding hydrogens is 326 g/mol. The third kappa shape index (κ3) is 4.34. The summed E-state index contributed by atoms with van der Waals surface area (Å²) in [5.41, 5.74) is 1.06. The Bertz CT molecular complexity index is 701. The first-order chi connectivity index (χ1) is 11.8. The number of carbonyl (C=O) groups excluding carboxylic acids is 4. The fourth-order valence-corrected chi connectivity index (χ4v) is 2.38. The first-order valence-electron chi connectivity index (χ1n) is 7.96. The predicted molar refractivity (Wildman–Crippen MR) is 88.8 cm³/mol. The van der Waals surface area contributed by atoms with Crippen molar-refractivity contribution in [3.63, 3.8) is 0 Å². The highest BCUT2D eigenvalue weighted by Crippen LogP contribution is 2.15. The van der Waals surface area contributed by atoms with Gasteiger partial charge in [-0.15, -0.1) is 0 Å². The first-order valence-corrected chi connectivity index (χ1v) is 7.96. The van der Waals surface area contributed by atoms with Gasteiger partial charge in [-0.05, 0) is 38.5 Å². The number of hydrogen-bond acceptors (Lipinski definition) is 5. The summed E-state index contributed by atoms with van der Waals surface area (Å²) in [6.07, 6.45) is 0. The van der Waals surface area contributed by atoms with Crippen LogP contribution in [-0.4, -0.2) is 59.3 Å². The lowest BCUT2D eigenvalue weighted by Gasteiger charge is -2.18. The molecule has 1 fully saturated rings. The van der Waals surface area contributed by atoms with E-state index in [1.54, 1.807) is 13.8 Å². The molecule has 0 aromatic heterocycles. The van der Waals surface area contributed by atoms with Crippen LogP contribution >= 0.6 is 0 Å². The average Bonchev–Trinajstić information content (AvgIpc) is 2.75. The van der Waals surface area contributed by atoms with Gasteiger partial charge in [-0.2, -0.15) is 0 Å². The van der Waals surface area contributed by atoms with E-state index < -0.39 is 36.3 Å². The van der Waals surface area contributed by atoms with Gasteiger partial charge in [0.25, 0.3) is 0 Å². The molecule has 1 aromatic carbocycles. The van der Waals surface area contributed by atoms with E-state index in [1.807, 2.05) is 31.2 Å². The molecule has 0 unspecified atom stereocenters. The molecule has 5 amide bonds. The molecule has 0 aliphatic carbocycles. The van der Waals surface area contributed by atoms with Gasteiger partial charge in [-0.1, -0.05) is 12.1 Å². The van der Waals surface area contributed by atoms with Crippen molar-refractivity contribution in [3.8, 4) is 5.75 Å². The number of nitrogens with one attached hydrogen (secondary N) is 1. The van der Waals surface area contributed by atoms with Crippen molar-refractivity contribution >= 4 is 23.8 Å². The second-order valence-corrected chi connectivity index (χ2v) is 5.96. The smallest absolute Gasteiger partial charge is 0.334 e. The van der Waals surface area contributed by atoms with Crippen LogP contribution in [0.15, 0.2) is 24.3 Å². The number of nitrogens with zero attached hydrogens (tertiary/aromatic N) is 2. The SMILES string of the molecule is Cc1cccc(OCCNC(=O)CN2C(=O)C(=O)N(C(C)C)C2=O)c1. The van der Waals surface area contributed by atoms with E-state index in [4.69, 9.17) is 4.74 Å². The molecular formula is C17H21N3O5. The summed E-state index contributed by atoms with van der Waals surface area (Å²) in [6.45, 7) is 5.15. The van der Waals surface area contributed by atoms with Crippen LogP contribution in [0, 0.1) is 6.92 Å². The molecule has 0 radical (unpaired) electrons. The van der Waals surface area contributed by atoms with Gasteiger partial charge in [0.2, 0.25) is 5.91 Å². The minimum absolute atomic E-state index is 0.213. The molecule has 1 heterocycles. The van der Waals surface area contributed by atoms with Gasteiger partial charge in [-0.3, -0.25) is 19.3 Å². The molecule has 1 aliphatic rings. The van der Waals surface area contributed by atoms with Crippen molar-refractivity contribution in [3.05, 3.63) is 29.8 Å². The van der Waals surface area contributed by atoms with E-state index in [1.165, 1.54) is 0 Å². The second kappa shape index (κ2) is 7.78. The Hall–Kier alpha value is -2.90. The molecule has 2 rings (SSSR count). The van der Waals surface area contributed by atoms with Crippen molar-refractivity contribution < 1.29 is 23.9 Å². The lowest BCUT2D eigenvalue weighted by atomic mass is 10.2. The fraction of sp³-hybridized carbons (Fsp3) is 0.412. The zero-order valence-corrected chi connectivity index (χ0v) is 14.4. The Morgan fingerprint density at radius 1 is 1.20 bits per heavy atom. The lowest BCUT2D eigenvalue weighted by molar-refractivity contribution is -0.144. The topological polar surface area (TPSA) is 96.0 Å². The summed E-state index contributed by atoms with van der Waals surface area (Å²) in [5.74, 6) is -1.73. The number of carbonyl (C=O) groups is 4. The monoisotopic (exact) mass is 347 g/mol. The van der Waals surface area contributed by atoms with Crippen molar-refractivity contribution in [2.75, 3.05) is 19.7 Å². The highest BCUT2D eigenvalue weighted by atomic mass is 16.5. The standard InChI is InChI=1S/C17H21N3O5/c1-11(2)20-16(23)15(22)19(17(20)24)10-14(21)18-7-8-25-13-6-4-5-12(3)9-13/h4-6,9,11H,7-8,10H2,1-3H3,(H,18,21). The highest BCUT2D eigenvalue weighted by Gasteiger charge is 2.46. The summed E-state index contributed by atoms with van der Waals surface area (Å²) in [7, 11) is 0. The maximum Gasteiger partial charge on any atom is 0.334 e. The van der Waals surface area contributed by atoms with E-state index in [0.29, 0.717) is 10.6 Å². The highest BCUT2D eigenvalue weighted by molar-refractivity contribution is 6.45. The summed E-state index contributed by atoms with van der Waals surface area (Å²) >= 11 is 0. The van der Waals surface area contributed by atoms with Crippen LogP contribution in [-0.2, 0) is 14.4 Å². The van der Waals surface area contributed by atoms with E-state index in [2.05, 4.69) is 5.32 Å². The van der Waals surface area contributed by atoms with Crippen LogP contribution in [0.5, 0.6) is 5.75 Å². The second-order valence-electron chi connectivity index (χ2n) is 5.96. The van der Waals surface area contributed by atoms with Crippen LogP contribution in [0.25, 0.3) is 0 Å². The van der Waals surface area contributed by atoms with Crippen LogP contribution in [0.1, 0.15) is 19.4 Å². The summed E-state index contributed by atoms with van der Waals surface area (Å²) in [6, 6.07) is 6.28. The Balaban J connectivity index is 1.79. The van der Waals surface area contributed by atoms with Gasteiger partial charge >= 0.3 is 17.8 Å². The van der Waals surface area contributed by atoms with Crippen molar-refractivity contribution in [2.45, 2.75) is 26.8 Å². The first kappa shape index (κ1) is 18.4. The van der Waals surface area contributed by atoms with E-state index in [0.717, 1.165) is 10.5 Å². The third-order valence-corrected chi connectivity index (χ3v) is 3.58. The van der Waals surface area contributed by atoms with Crippen molar-refractivity contribution in [1.29, 1.82) is 0 Å². The number of aryl methyl sites for hydroxylation is 1. The number of rotatable bonds is 7. The molecule has 25 heavy (non-hydrogen) atoms. The largest absolute Gasteiger partial charge is 0.492 e. The fourth-order valence-electron chi connectivity index (χ4n) is 2.38. The number of hydrogen-bond donors (Lipinski definition) is 1. The third-order valence-electron chi connectivity index (χ3n) is 3.58. The van der Waals surface area contributed by atoms with E-state index in [9.17, 15) is 19.2 Å². The normalized spacial score (nSPS) is 14.5. The number of imide groups is 2. The number of benzene rings is 1. The quantitative estimate of drug-likeness (QED) is 0.445. The van der Waals surface area contributed by atoms with Crippen LogP contribution in [0.2, 0.25) is 0 Å². The van der Waals surface area contributed by atoms with E-state index >= 15 is 0 Å². The molecule has 8 nitrogen and oxygen atoms in total. The van der Waals surface area contributed by atoms with Gasteiger partial charge < -0.3 is 10.1 Å². The number of amides is 5. The molecule has 0 saturated carbocycles. The number of ether oxygens (including phenoxy) is 1. The van der Waals surface area contributed by atoms with Gasteiger partial charge in [0.05, 0.1) is 6.54 Å². The maximum absolute atomic E-state index is 12.1. The minimum atomic E-state index is -0.982. The minimum Gasteiger partial charge on any atom is -0.492 e. The van der Waals surface area contributed by atoms with Crippen LogP contribution in [0.4, 0.5) is 4.79 Å². The average molecular weight is 347 g/mol. The zero-order valence-electron chi connectivity index (χ0n) is 14.4. The molecule has 1 N–H and O–H groups in total. The summed E-state index contributed by atoms with van der Waals surface area (Å²) in [4.78, 5) is 49.0. The Morgan fingerprint density at radius 2 is 1.92 bits per heavy atom. The zero-order chi connectivity index (χ0) is 18.6. The van der Waals surface area contributed by atoms with Gasteiger partial charge in [0, 0.05) is 6.04 Å². The van der Waals surface area contributed by atoms with Crippen molar-refractivity contribution in [1.82, 2.24) is 15.1 Å². The van der Waals surface area contributed by atoms with Crippen LogP contribution < -0.4 is 10.1 Å². The molecule has 0 spiro atoms. The summed E-state index contributed by atoms with van der Waals surface area (Å²) in [5, 5.41) is 2.55. The Labute approximate surface area is 145 Å². The van der Waals surface area contributed by atoms with Gasteiger partial charge in [0.15, 0.2) is 0 Å². The molecule has 134 valence electrons. The molecule has 1 aromatic rings. The molecule has 1 aliphatic heterocycles. The Kier molecular flexibility index (Phi) is 5.74. The molecule has 8 heteroatoms. The van der Waals surface area contributed by atoms with E-state index in [-0.39, 0.29) is 13.2 Å². The van der Waals surface area contributed by atoms with Crippen LogP contribution in [0.3, 0.4) is 0 Å². The van der Waals surface area contributed by atoms with Crippen molar-refractivity contribution in [2.24, 2.45) is 0 Å². The maximum atomic E-state index is 12.1. The van der Waals surface area contributed by atoms with Gasteiger partial charge in [0.1, 0.15) is 18.9 Å². The molecule has 0 bridgehead atoms.